The first-order chi connectivity index (χ1) is 14.1. The number of halogens is 1. The molecule has 0 spiro atoms. The molecule has 1 aliphatic rings. The summed E-state index contributed by atoms with van der Waals surface area (Å²) in [7, 11) is 0. The number of hydrogen-bond donors (Lipinski definition) is 0. The maximum absolute atomic E-state index is 12.8. The molecular weight excluding hydrogens is 438 g/mol. The van der Waals surface area contributed by atoms with Crippen LogP contribution in [0.4, 0.5) is 5.69 Å². The summed E-state index contributed by atoms with van der Waals surface area (Å²) < 4.78 is 6.35. The van der Waals surface area contributed by atoms with Crippen LogP contribution in [0, 0.1) is 0 Å². The van der Waals surface area contributed by atoms with E-state index in [-0.39, 0.29) is 18.3 Å². The first-order valence-corrected chi connectivity index (χ1v) is 11.0. The second-order valence-corrected chi connectivity index (χ2v) is 8.17. The molecule has 0 saturated carbocycles. The second kappa shape index (κ2) is 12.1. The van der Waals surface area contributed by atoms with Gasteiger partial charge >= 0.3 is 0 Å². The quantitative estimate of drug-likeness (QED) is 0.295. The Morgan fingerprint density at radius 2 is 1.90 bits per heavy atom. The number of thioether (sulfide) groups is 1. The fraction of sp³-hybridized carbons (Fsp3) is 0.318. The summed E-state index contributed by atoms with van der Waals surface area (Å²) in [6.07, 6.45) is 4.45. The number of ether oxygens (including phenoxy) is 1. The largest absolute Gasteiger partial charge is 0.494 e. The highest BCUT2D eigenvalue weighted by molar-refractivity contribution is 8.27. The summed E-state index contributed by atoms with van der Waals surface area (Å²) in [4.78, 5) is 21.6. The van der Waals surface area contributed by atoms with Crippen molar-refractivity contribution in [2.24, 2.45) is 0 Å². The minimum Gasteiger partial charge on any atom is -0.494 e. The van der Waals surface area contributed by atoms with Gasteiger partial charge in [-0.1, -0.05) is 43.9 Å². The Labute approximate surface area is 193 Å². The van der Waals surface area contributed by atoms with E-state index in [0.29, 0.717) is 15.8 Å². The SMILES string of the molecule is CCN(CC)CCCOc1ccc(N2C(=O)/C(=C/c3ccccn3)SC2=S)cc1.Cl. The van der Waals surface area contributed by atoms with E-state index in [0.717, 1.165) is 43.2 Å². The molecule has 1 amide bonds. The first-order valence-electron chi connectivity index (χ1n) is 9.76. The lowest BCUT2D eigenvalue weighted by molar-refractivity contribution is -0.113. The van der Waals surface area contributed by atoms with Gasteiger partial charge in [-0.3, -0.25) is 14.7 Å². The zero-order chi connectivity index (χ0) is 20.6. The number of carbonyl (C=O) groups excluding carboxylic acids is 1. The number of anilines is 1. The molecule has 160 valence electrons. The number of amides is 1. The van der Waals surface area contributed by atoms with Crippen LogP contribution >= 0.6 is 36.4 Å². The second-order valence-electron chi connectivity index (χ2n) is 6.49. The molecule has 1 saturated heterocycles. The summed E-state index contributed by atoms with van der Waals surface area (Å²) >= 11 is 6.72. The van der Waals surface area contributed by atoms with Crippen molar-refractivity contribution in [1.82, 2.24) is 9.88 Å². The van der Waals surface area contributed by atoms with Crippen molar-refractivity contribution in [1.29, 1.82) is 0 Å². The molecule has 0 unspecified atom stereocenters. The molecule has 0 aliphatic carbocycles. The van der Waals surface area contributed by atoms with Crippen molar-refractivity contribution in [3.8, 4) is 5.75 Å². The van der Waals surface area contributed by atoms with Crippen LogP contribution in [0.2, 0.25) is 0 Å². The van der Waals surface area contributed by atoms with Gasteiger partial charge in [-0.05, 0) is 62.0 Å². The van der Waals surface area contributed by atoms with Crippen molar-refractivity contribution < 1.29 is 9.53 Å². The van der Waals surface area contributed by atoms with Crippen LogP contribution in [0.3, 0.4) is 0 Å². The topological polar surface area (TPSA) is 45.7 Å². The van der Waals surface area contributed by atoms with Gasteiger partial charge < -0.3 is 9.64 Å². The van der Waals surface area contributed by atoms with Crippen LogP contribution in [0.5, 0.6) is 5.75 Å². The number of benzene rings is 1. The molecule has 0 N–H and O–H groups in total. The molecule has 0 atom stereocenters. The smallest absolute Gasteiger partial charge is 0.270 e. The Hall–Kier alpha value is -1.93. The van der Waals surface area contributed by atoms with E-state index in [1.165, 1.54) is 11.8 Å². The number of hydrogen-bond acceptors (Lipinski definition) is 6. The molecule has 1 fully saturated rings. The summed E-state index contributed by atoms with van der Waals surface area (Å²) in [5, 5.41) is 0. The van der Waals surface area contributed by atoms with Crippen molar-refractivity contribution >= 4 is 58.4 Å². The van der Waals surface area contributed by atoms with Crippen molar-refractivity contribution in [3.05, 3.63) is 59.3 Å². The van der Waals surface area contributed by atoms with Crippen LogP contribution in [0.25, 0.3) is 6.08 Å². The van der Waals surface area contributed by atoms with Gasteiger partial charge in [-0.15, -0.1) is 12.4 Å². The highest BCUT2D eigenvalue weighted by Crippen LogP contribution is 2.36. The van der Waals surface area contributed by atoms with Gasteiger partial charge in [0.25, 0.3) is 5.91 Å². The maximum Gasteiger partial charge on any atom is 0.270 e. The Bertz CT molecular complexity index is 872. The predicted molar refractivity (Wildman–Crippen MR) is 131 cm³/mol. The highest BCUT2D eigenvalue weighted by atomic mass is 35.5. The number of nitrogens with zero attached hydrogens (tertiary/aromatic N) is 3. The van der Waals surface area contributed by atoms with E-state index in [1.807, 2.05) is 42.5 Å². The predicted octanol–water partition coefficient (Wildman–Crippen LogP) is 5.02. The Balaban J connectivity index is 0.00000320. The van der Waals surface area contributed by atoms with Gasteiger partial charge in [-0.2, -0.15) is 0 Å². The third kappa shape index (κ3) is 6.28. The lowest BCUT2D eigenvalue weighted by Crippen LogP contribution is -2.27. The van der Waals surface area contributed by atoms with E-state index < -0.39 is 0 Å². The molecule has 0 radical (unpaired) electrons. The zero-order valence-electron chi connectivity index (χ0n) is 17.1. The molecule has 30 heavy (non-hydrogen) atoms. The Morgan fingerprint density at radius 3 is 2.53 bits per heavy atom. The average molecular weight is 464 g/mol. The van der Waals surface area contributed by atoms with Crippen LogP contribution in [-0.4, -0.2) is 46.4 Å². The van der Waals surface area contributed by atoms with Gasteiger partial charge in [-0.25, -0.2) is 0 Å². The molecular formula is C22H26ClN3O2S2. The number of carbonyl (C=O) groups is 1. The summed E-state index contributed by atoms with van der Waals surface area (Å²) in [5.41, 5.74) is 1.48. The Morgan fingerprint density at radius 1 is 1.17 bits per heavy atom. The molecule has 2 heterocycles. The van der Waals surface area contributed by atoms with Crippen LogP contribution in [0.1, 0.15) is 26.0 Å². The fourth-order valence-electron chi connectivity index (χ4n) is 3.00. The summed E-state index contributed by atoms with van der Waals surface area (Å²) in [5.74, 6) is 0.668. The van der Waals surface area contributed by atoms with E-state index >= 15 is 0 Å². The fourth-order valence-corrected chi connectivity index (χ4v) is 4.28. The van der Waals surface area contributed by atoms with Gasteiger partial charge in [0, 0.05) is 12.7 Å². The number of thiocarbonyl (C=S) groups is 1. The zero-order valence-corrected chi connectivity index (χ0v) is 19.6. The standard InChI is InChI=1S/C22H25N3O2S2.ClH/c1-3-24(4-2)14-7-15-27-19-11-9-18(10-12-19)25-21(26)20(29-22(25)28)16-17-8-5-6-13-23-17;/h5-6,8-13,16H,3-4,7,14-15H2,1-2H3;1H/b20-16-;. The molecule has 3 rings (SSSR count). The van der Waals surface area contributed by atoms with Gasteiger partial charge in [0.1, 0.15) is 5.75 Å². The van der Waals surface area contributed by atoms with Crippen molar-refractivity contribution in [2.45, 2.75) is 20.3 Å². The van der Waals surface area contributed by atoms with Crippen molar-refractivity contribution in [2.75, 3.05) is 31.1 Å². The minimum atomic E-state index is -0.126. The molecule has 1 aromatic heterocycles. The minimum absolute atomic E-state index is 0. The highest BCUT2D eigenvalue weighted by Gasteiger charge is 2.33. The lowest BCUT2D eigenvalue weighted by Gasteiger charge is -2.18. The number of aromatic nitrogens is 1. The average Bonchev–Trinajstić information content (AvgIpc) is 3.02. The maximum atomic E-state index is 12.8. The van der Waals surface area contributed by atoms with Crippen LogP contribution in [-0.2, 0) is 4.79 Å². The molecule has 1 aliphatic heterocycles. The summed E-state index contributed by atoms with van der Waals surface area (Å²) in [6.45, 7) is 8.16. The first kappa shape index (κ1) is 24.3. The molecule has 1 aromatic carbocycles. The van der Waals surface area contributed by atoms with Gasteiger partial charge in [0.2, 0.25) is 0 Å². The van der Waals surface area contributed by atoms with Gasteiger partial charge in [0.15, 0.2) is 4.32 Å². The van der Waals surface area contributed by atoms with Gasteiger partial charge in [0.05, 0.1) is 22.9 Å². The van der Waals surface area contributed by atoms with Crippen molar-refractivity contribution in [3.63, 3.8) is 0 Å². The Kier molecular flexibility index (Phi) is 9.78. The van der Waals surface area contributed by atoms with E-state index in [2.05, 4.69) is 23.7 Å². The van der Waals surface area contributed by atoms with E-state index in [4.69, 9.17) is 17.0 Å². The third-order valence-electron chi connectivity index (χ3n) is 4.64. The molecule has 8 heteroatoms. The number of pyridine rings is 1. The van der Waals surface area contributed by atoms with Crippen LogP contribution < -0.4 is 9.64 Å². The lowest BCUT2D eigenvalue weighted by atomic mass is 10.2. The summed E-state index contributed by atoms with van der Waals surface area (Å²) in [6, 6.07) is 13.1. The van der Waals surface area contributed by atoms with E-state index in [1.54, 1.807) is 17.2 Å². The van der Waals surface area contributed by atoms with E-state index in [9.17, 15) is 4.79 Å². The van der Waals surface area contributed by atoms with Crippen LogP contribution in [0.15, 0.2) is 53.6 Å². The molecule has 2 aromatic rings. The monoisotopic (exact) mass is 463 g/mol. The number of rotatable bonds is 9. The molecule has 0 bridgehead atoms. The normalized spacial score (nSPS) is 15.0. The molecule has 5 nitrogen and oxygen atoms in total. The third-order valence-corrected chi connectivity index (χ3v) is 5.94.